The lowest BCUT2D eigenvalue weighted by molar-refractivity contribution is 0.793. The summed E-state index contributed by atoms with van der Waals surface area (Å²) in [6.45, 7) is 2.12. The molecule has 2 heterocycles. The lowest BCUT2D eigenvalue weighted by atomic mass is 10.1. The summed E-state index contributed by atoms with van der Waals surface area (Å²) in [5, 5.41) is 12.9. The third-order valence-corrected chi connectivity index (χ3v) is 6.73. The third-order valence-electron chi connectivity index (χ3n) is 4.75. The molecular weight excluding hydrogens is 398 g/mol. The number of rotatable bonds is 6. The van der Waals surface area contributed by atoms with Crippen LogP contribution in [0.5, 0.6) is 0 Å². The van der Waals surface area contributed by atoms with Crippen molar-refractivity contribution in [1.29, 1.82) is 0 Å². The van der Waals surface area contributed by atoms with E-state index in [2.05, 4.69) is 75.9 Å². The summed E-state index contributed by atoms with van der Waals surface area (Å²) in [5.74, 6) is 1.64. The van der Waals surface area contributed by atoms with E-state index in [1.807, 2.05) is 25.7 Å². The molecule has 4 rings (SSSR count). The lowest BCUT2D eigenvalue weighted by Gasteiger charge is -2.12. The number of thioether (sulfide) groups is 1. The molecule has 0 atom stereocenters. The Kier molecular flexibility index (Phi) is 5.69. The van der Waals surface area contributed by atoms with Crippen LogP contribution in [-0.2, 0) is 12.8 Å². The molecule has 2 aromatic heterocycles. The first-order valence-electron chi connectivity index (χ1n) is 9.33. The first kappa shape index (κ1) is 19.7. The summed E-state index contributed by atoms with van der Waals surface area (Å²) in [7, 11) is 6.08. The molecule has 0 radical (unpaired) electrons. The van der Waals surface area contributed by atoms with Gasteiger partial charge in [-0.25, -0.2) is 4.98 Å². The number of nitrogens with zero attached hydrogens (tertiary/aromatic N) is 5. The number of hydrogen-bond donors (Lipinski definition) is 0. The van der Waals surface area contributed by atoms with E-state index in [1.165, 1.54) is 16.8 Å². The van der Waals surface area contributed by atoms with Gasteiger partial charge in [-0.2, -0.15) is 0 Å². The summed E-state index contributed by atoms with van der Waals surface area (Å²) in [4.78, 5) is 6.90. The first-order chi connectivity index (χ1) is 14.0. The minimum Gasteiger partial charge on any atom is -0.378 e. The van der Waals surface area contributed by atoms with Crippen LogP contribution in [0.4, 0.5) is 5.69 Å². The van der Waals surface area contributed by atoms with Gasteiger partial charge in [0.25, 0.3) is 0 Å². The second-order valence-corrected chi connectivity index (χ2v) is 8.85. The summed E-state index contributed by atoms with van der Waals surface area (Å²) >= 11 is 3.35. The van der Waals surface area contributed by atoms with E-state index in [4.69, 9.17) is 4.98 Å². The maximum Gasteiger partial charge on any atom is 0.191 e. The van der Waals surface area contributed by atoms with Crippen molar-refractivity contribution in [3.63, 3.8) is 0 Å². The average molecular weight is 422 g/mol. The molecule has 0 spiro atoms. The Morgan fingerprint density at radius 3 is 2.52 bits per heavy atom. The van der Waals surface area contributed by atoms with Gasteiger partial charge in [0.2, 0.25) is 0 Å². The second kappa shape index (κ2) is 8.39. The molecule has 0 fully saturated rings. The SMILES string of the molecule is Cc1ccccc1-c1nc(CSc2nnc(-c3ccc(N(C)C)cc3)n2C)cs1. The van der Waals surface area contributed by atoms with Gasteiger partial charge in [0.05, 0.1) is 5.69 Å². The van der Waals surface area contributed by atoms with E-state index in [0.29, 0.717) is 0 Å². The molecule has 0 N–H and O–H groups in total. The van der Waals surface area contributed by atoms with Crippen molar-refractivity contribution >= 4 is 28.8 Å². The van der Waals surface area contributed by atoms with E-state index in [1.54, 1.807) is 23.1 Å². The topological polar surface area (TPSA) is 46.8 Å². The largest absolute Gasteiger partial charge is 0.378 e. The zero-order valence-corrected chi connectivity index (χ0v) is 18.6. The average Bonchev–Trinajstić information content (AvgIpc) is 3.33. The van der Waals surface area contributed by atoms with Gasteiger partial charge in [-0.1, -0.05) is 36.0 Å². The van der Waals surface area contributed by atoms with Crippen molar-refractivity contribution in [2.24, 2.45) is 7.05 Å². The number of aromatic nitrogens is 4. The Hall–Kier alpha value is -2.64. The summed E-state index contributed by atoms with van der Waals surface area (Å²) in [5.41, 5.74) is 5.75. The predicted molar refractivity (Wildman–Crippen MR) is 123 cm³/mol. The van der Waals surface area contributed by atoms with Crippen molar-refractivity contribution in [3.05, 3.63) is 65.2 Å². The molecule has 29 heavy (non-hydrogen) atoms. The van der Waals surface area contributed by atoms with Gasteiger partial charge in [-0.3, -0.25) is 0 Å². The van der Waals surface area contributed by atoms with Crippen LogP contribution in [0.1, 0.15) is 11.3 Å². The van der Waals surface area contributed by atoms with Crippen molar-refractivity contribution in [3.8, 4) is 22.0 Å². The van der Waals surface area contributed by atoms with E-state index >= 15 is 0 Å². The number of hydrogen-bond acceptors (Lipinski definition) is 6. The highest BCUT2D eigenvalue weighted by Crippen LogP contribution is 2.30. The first-order valence-corrected chi connectivity index (χ1v) is 11.2. The van der Waals surface area contributed by atoms with E-state index in [-0.39, 0.29) is 0 Å². The molecule has 0 unspecified atom stereocenters. The maximum atomic E-state index is 4.81. The minimum atomic E-state index is 0.772. The second-order valence-electron chi connectivity index (χ2n) is 7.05. The predicted octanol–water partition coefficient (Wildman–Crippen LogP) is 5.27. The molecule has 2 aromatic carbocycles. The fraction of sp³-hybridized carbons (Fsp3) is 0.227. The molecule has 5 nitrogen and oxygen atoms in total. The number of anilines is 1. The van der Waals surface area contributed by atoms with E-state index in [0.717, 1.165) is 33.0 Å². The Morgan fingerprint density at radius 2 is 1.79 bits per heavy atom. The lowest BCUT2D eigenvalue weighted by Crippen LogP contribution is -2.08. The monoisotopic (exact) mass is 421 g/mol. The number of aryl methyl sites for hydroxylation is 1. The maximum absolute atomic E-state index is 4.81. The molecule has 0 saturated heterocycles. The van der Waals surface area contributed by atoms with Crippen LogP contribution in [0, 0.1) is 6.92 Å². The van der Waals surface area contributed by atoms with Crippen molar-refractivity contribution in [2.45, 2.75) is 17.8 Å². The third kappa shape index (κ3) is 4.21. The van der Waals surface area contributed by atoms with Gasteiger partial charge < -0.3 is 9.47 Å². The molecule has 0 aliphatic rings. The highest BCUT2D eigenvalue weighted by Gasteiger charge is 2.13. The van der Waals surface area contributed by atoms with Crippen LogP contribution >= 0.6 is 23.1 Å². The Bertz CT molecular complexity index is 1110. The van der Waals surface area contributed by atoms with Gasteiger partial charge in [0.15, 0.2) is 11.0 Å². The molecule has 7 heteroatoms. The number of benzene rings is 2. The molecule has 0 saturated carbocycles. The molecule has 148 valence electrons. The Labute approximate surface area is 179 Å². The Balaban J connectivity index is 1.47. The standard InChI is InChI=1S/C22H23N5S2/c1-15-7-5-6-8-19(15)21-23-17(13-28-21)14-29-22-25-24-20(27(22)4)16-9-11-18(12-10-16)26(2)3/h5-13H,14H2,1-4H3. The van der Waals surface area contributed by atoms with Gasteiger partial charge in [-0.05, 0) is 36.8 Å². The van der Waals surface area contributed by atoms with Crippen LogP contribution in [-0.4, -0.2) is 33.8 Å². The fourth-order valence-corrected chi connectivity index (χ4v) is 4.87. The van der Waals surface area contributed by atoms with Crippen molar-refractivity contribution < 1.29 is 0 Å². The summed E-state index contributed by atoms with van der Waals surface area (Å²) in [6, 6.07) is 16.7. The van der Waals surface area contributed by atoms with Crippen LogP contribution in [0.15, 0.2) is 59.1 Å². The zero-order valence-electron chi connectivity index (χ0n) is 17.0. The highest BCUT2D eigenvalue weighted by molar-refractivity contribution is 7.98. The molecule has 0 aliphatic carbocycles. The van der Waals surface area contributed by atoms with Crippen LogP contribution < -0.4 is 4.90 Å². The van der Waals surface area contributed by atoms with Crippen molar-refractivity contribution in [2.75, 3.05) is 19.0 Å². The Morgan fingerprint density at radius 1 is 1.03 bits per heavy atom. The van der Waals surface area contributed by atoms with E-state index in [9.17, 15) is 0 Å². The fourth-order valence-electron chi connectivity index (χ4n) is 3.05. The molecule has 4 aromatic rings. The summed E-state index contributed by atoms with van der Waals surface area (Å²) in [6.07, 6.45) is 0. The van der Waals surface area contributed by atoms with Gasteiger partial charge >= 0.3 is 0 Å². The molecular formula is C22H23N5S2. The minimum absolute atomic E-state index is 0.772. The van der Waals surface area contributed by atoms with Gasteiger partial charge in [0.1, 0.15) is 5.01 Å². The zero-order chi connectivity index (χ0) is 20.4. The highest BCUT2D eigenvalue weighted by atomic mass is 32.2. The van der Waals surface area contributed by atoms with Crippen LogP contribution in [0.2, 0.25) is 0 Å². The van der Waals surface area contributed by atoms with Crippen molar-refractivity contribution in [1.82, 2.24) is 19.7 Å². The quantitative estimate of drug-likeness (QED) is 0.397. The smallest absolute Gasteiger partial charge is 0.191 e. The van der Waals surface area contributed by atoms with Gasteiger partial charge in [-0.15, -0.1) is 21.5 Å². The molecule has 0 aliphatic heterocycles. The summed E-state index contributed by atoms with van der Waals surface area (Å²) < 4.78 is 2.05. The number of thiazole rings is 1. The van der Waals surface area contributed by atoms with Crippen LogP contribution in [0.25, 0.3) is 22.0 Å². The van der Waals surface area contributed by atoms with Crippen LogP contribution in [0.3, 0.4) is 0 Å². The van der Waals surface area contributed by atoms with E-state index < -0.39 is 0 Å². The van der Waals surface area contributed by atoms with Gasteiger partial charge in [0, 0.05) is 49.1 Å². The molecule has 0 amide bonds. The normalized spacial score (nSPS) is 11.0. The molecule has 0 bridgehead atoms.